The summed E-state index contributed by atoms with van der Waals surface area (Å²) in [6.07, 6.45) is 5.34. The molecule has 3 heterocycles. The summed E-state index contributed by atoms with van der Waals surface area (Å²) in [6, 6.07) is 7.09. The van der Waals surface area contributed by atoms with Gasteiger partial charge in [-0.2, -0.15) is 0 Å². The predicted octanol–water partition coefficient (Wildman–Crippen LogP) is 2.54. The number of carbonyl (C=O) groups is 1. The number of carbonyl (C=O) groups excluding carboxylic acids is 1. The summed E-state index contributed by atoms with van der Waals surface area (Å²) in [4.78, 5) is 42.1. The van der Waals surface area contributed by atoms with Gasteiger partial charge in [-0.05, 0) is 44.0 Å². The van der Waals surface area contributed by atoms with Crippen molar-refractivity contribution >= 4 is 5.91 Å². The van der Waals surface area contributed by atoms with Crippen LogP contribution in [0.3, 0.4) is 0 Å². The number of piperidine rings is 1. The maximum atomic E-state index is 13.0. The number of benzene rings is 1. The van der Waals surface area contributed by atoms with Crippen molar-refractivity contribution in [3.8, 4) is 17.3 Å². The molecule has 1 unspecified atom stereocenters. The van der Waals surface area contributed by atoms with Crippen LogP contribution in [0.5, 0.6) is 5.75 Å². The van der Waals surface area contributed by atoms with E-state index in [0.29, 0.717) is 48.9 Å². The molecule has 2 aromatic heterocycles. The first-order valence-electron chi connectivity index (χ1n) is 10.1. The number of halogens is 1. The smallest absolute Gasteiger partial charge is 0.263 e. The van der Waals surface area contributed by atoms with Crippen molar-refractivity contribution in [3.63, 3.8) is 0 Å². The van der Waals surface area contributed by atoms with E-state index in [4.69, 9.17) is 4.74 Å². The second-order valence-electron chi connectivity index (χ2n) is 7.42. The predicted molar refractivity (Wildman–Crippen MR) is 111 cm³/mol. The minimum Gasteiger partial charge on any atom is -0.481 e. The fourth-order valence-corrected chi connectivity index (χ4v) is 3.65. The third-order valence-corrected chi connectivity index (χ3v) is 5.27. The van der Waals surface area contributed by atoms with Crippen LogP contribution in [0.15, 0.2) is 53.7 Å². The van der Waals surface area contributed by atoms with E-state index in [2.05, 4.69) is 19.9 Å². The molecule has 0 radical (unpaired) electrons. The topological polar surface area (TPSA) is 101 Å². The number of hydrogen-bond donors (Lipinski definition) is 1. The summed E-state index contributed by atoms with van der Waals surface area (Å²) < 4.78 is 18.7. The van der Waals surface area contributed by atoms with Gasteiger partial charge in [-0.1, -0.05) is 0 Å². The highest BCUT2D eigenvalue weighted by Crippen LogP contribution is 2.27. The maximum absolute atomic E-state index is 13.0. The van der Waals surface area contributed by atoms with Gasteiger partial charge in [0, 0.05) is 37.5 Å². The van der Waals surface area contributed by atoms with Crippen LogP contribution >= 0.6 is 0 Å². The van der Waals surface area contributed by atoms with Crippen molar-refractivity contribution in [2.24, 2.45) is 0 Å². The zero-order valence-corrected chi connectivity index (χ0v) is 17.0. The van der Waals surface area contributed by atoms with E-state index in [-0.39, 0.29) is 23.2 Å². The van der Waals surface area contributed by atoms with E-state index in [1.807, 2.05) is 0 Å². The Labute approximate surface area is 178 Å². The number of H-pyrrole nitrogens is 1. The highest BCUT2D eigenvalue weighted by atomic mass is 19.1. The molecule has 3 aromatic rings. The lowest BCUT2D eigenvalue weighted by molar-refractivity contribution is -0.139. The molecule has 1 aliphatic heterocycles. The van der Waals surface area contributed by atoms with Crippen molar-refractivity contribution < 1.29 is 13.9 Å². The van der Waals surface area contributed by atoms with Crippen LogP contribution in [0.25, 0.3) is 11.5 Å². The molecular weight excluding hydrogens is 401 g/mol. The highest BCUT2D eigenvalue weighted by molar-refractivity contribution is 5.81. The molecule has 1 aromatic carbocycles. The zero-order chi connectivity index (χ0) is 21.8. The molecular formula is C22H22FN5O3. The second kappa shape index (κ2) is 9.03. The van der Waals surface area contributed by atoms with Crippen LogP contribution in [-0.4, -0.2) is 49.9 Å². The quantitative estimate of drug-likeness (QED) is 0.677. The summed E-state index contributed by atoms with van der Waals surface area (Å²) in [5.41, 5.74) is 0.943. The lowest BCUT2D eigenvalue weighted by atomic mass is 9.93. The molecule has 9 heteroatoms. The van der Waals surface area contributed by atoms with Gasteiger partial charge in [0.1, 0.15) is 17.3 Å². The number of hydrogen-bond acceptors (Lipinski definition) is 6. The minimum atomic E-state index is -0.678. The summed E-state index contributed by atoms with van der Waals surface area (Å²) in [6.45, 7) is 2.76. The van der Waals surface area contributed by atoms with Gasteiger partial charge in [-0.3, -0.25) is 14.6 Å². The minimum absolute atomic E-state index is 0.0649. The number of rotatable bonds is 5. The standard InChI is InChI=1S/C22H22FN5O3/c1-14(31-17-4-2-16(23)3-5-17)22(30)28-10-6-15(7-11-28)18-12-20(29)27-21(26-18)19-13-24-8-9-25-19/h2-5,8-9,12-15H,6-7,10-11H2,1H3,(H,26,27,29). The molecule has 1 amide bonds. The van der Waals surface area contributed by atoms with Crippen LogP contribution in [0.2, 0.25) is 0 Å². The third-order valence-electron chi connectivity index (χ3n) is 5.27. The molecule has 0 saturated carbocycles. The molecule has 31 heavy (non-hydrogen) atoms. The zero-order valence-electron chi connectivity index (χ0n) is 17.0. The van der Waals surface area contributed by atoms with E-state index >= 15 is 0 Å². The van der Waals surface area contributed by atoms with E-state index in [1.54, 1.807) is 30.4 Å². The first kappa shape index (κ1) is 20.6. The fourth-order valence-electron chi connectivity index (χ4n) is 3.65. The van der Waals surface area contributed by atoms with Gasteiger partial charge in [-0.25, -0.2) is 14.4 Å². The molecule has 1 N–H and O–H groups in total. The molecule has 1 aliphatic rings. The molecule has 1 saturated heterocycles. The maximum Gasteiger partial charge on any atom is 0.263 e. The second-order valence-corrected chi connectivity index (χ2v) is 7.42. The molecule has 4 rings (SSSR count). The summed E-state index contributed by atoms with van der Waals surface area (Å²) in [5.74, 6) is 0.415. The van der Waals surface area contributed by atoms with Gasteiger partial charge in [0.05, 0.1) is 11.9 Å². The van der Waals surface area contributed by atoms with Crippen LogP contribution in [0.4, 0.5) is 4.39 Å². The van der Waals surface area contributed by atoms with Crippen LogP contribution in [0, 0.1) is 5.82 Å². The highest BCUT2D eigenvalue weighted by Gasteiger charge is 2.28. The van der Waals surface area contributed by atoms with E-state index in [1.165, 1.54) is 30.3 Å². The Morgan fingerprint density at radius 1 is 1.23 bits per heavy atom. The van der Waals surface area contributed by atoms with Gasteiger partial charge < -0.3 is 14.6 Å². The van der Waals surface area contributed by atoms with Gasteiger partial charge in [0.2, 0.25) is 0 Å². The van der Waals surface area contributed by atoms with E-state index in [9.17, 15) is 14.0 Å². The Hall–Kier alpha value is -3.62. The Kier molecular flexibility index (Phi) is 6.01. The monoisotopic (exact) mass is 423 g/mol. The Bertz CT molecular complexity index is 1100. The Morgan fingerprint density at radius 3 is 2.65 bits per heavy atom. The first-order valence-corrected chi connectivity index (χ1v) is 10.1. The summed E-state index contributed by atoms with van der Waals surface area (Å²) in [7, 11) is 0. The van der Waals surface area contributed by atoms with Gasteiger partial charge >= 0.3 is 0 Å². The number of nitrogens with one attached hydrogen (secondary N) is 1. The van der Waals surface area contributed by atoms with Crippen molar-refractivity contribution in [3.05, 3.63) is 70.8 Å². The lowest BCUT2D eigenvalue weighted by Gasteiger charge is -2.33. The molecule has 0 spiro atoms. The lowest BCUT2D eigenvalue weighted by Crippen LogP contribution is -2.44. The van der Waals surface area contributed by atoms with Crippen molar-refractivity contribution in [1.82, 2.24) is 24.8 Å². The average molecular weight is 423 g/mol. The van der Waals surface area contributed by atoms with Crippen LogP contribution in [0.1, 0.15) is 31.4 Å². The molecule has 8 nitrogen and oxygen atoms in total. The molecule has 1 fully saturated rings. The fraction of sp³-hybridized carbons (Fsp3) is 0.318. The van der Waals surface area contributed by atoms with Gasteiger partial charge in [0.25, 0.3) is 11.5 Å². The van der Waals surface area contributed by atoms with Crippen molar-refractivity contribution in [2.45, 2.75) is 31.8 Å². The number of aromatic nitrogens is 4. The number of amides is 1. The van der Waals surface area contributed by atoms with Gasteiger partial charge in [0.15, 0.2) is 11.9 Å². The number of nitrogens with zero attached hydrogens (tertiary/aromatic N) is 4. The van der Waals surface area contributed by atoms with Gasteiger partial charge in [-0.15, -0.1) is 0 Å². The summed E-state index contributed by atoms with van der Waals surface area (Å²) >= 11 is 0. The average Bonchev–Trinajstić information content (AvgIpc) is 2.80. The van der Waals surface area contributed by atoms with E-state index < -0.39 is 6.10 Å². The molecule has 0 bridgehead atoms. The Morgan fingerprint density at radius 2 is 1.97 bits per heavy atom. The third kappa shape index (κ3) is 4.93. The number of likely N-dealkylation sites (tertiary alicyclic amines) is 1. The Balaban J connectivity index is 1.39. The van der Waals surface area contributed by atoms with Crippen LogP contribution in [-0.2, 0) is 4.79 Å². The molecule has 0 aliphatic carbocycles. The number of ether oxygens (including phenoxy) is 1. The normalized spacial score (nSPS) is 15.5. The van der Waals surface area contributed by atoms with E-state index in [0.717, 1.165) is 0 Å². The largest absolute Gasteiger partial charge is 0.481 e. The van der Waals surface area contributed by atoms with Crippen molar-refractivity contribution in [2.75, 3.05) is 13.1 Å². The van der Waals surface area contributed by atoms with Crippen LogP contribution < -0.4 is 10.3 Å². The number of aromatic amines is 1. The first-order chi connectivity index (χ1) is 15.0. The molecule has 1 atom stereocenters. The van der Waals surface area contributed by atoms with Crippen molar-refractivity contribution in [1.29, 1.82) is 0 Å². The summed E-state index contributed by atoms with van der Waals surface area (Å²) in [5, 5.41) is 0. The molecule has 160 valence electrons. The SMILES string of the molecule is CC(Oc1ccc(F)cc1)C(=O)N1CCC(c2cc(=O)[nH]c(-c3cnccn3)n2)CC1.